The highest BCUT2D eigenvalue weighted by atomic mass is 32.1. The number of rotatable bonds is 5. The van der Waals surface area contributed by atoms with Crippen LogP contribution in [-0.4, -0.2) is 46.4 Å². The lowest BCUT2D eigenvalue weighted by atomic mass is 9.73. The number of aromatic nitrogens is 1. The van der Waals surface area contributed by atoms with Gasteiger partial charge in [0.15, 0.2) is 0 Å². The molecular formula is C17H24N4O3S. The summed E-state index contributed by atoms with van der Waals surface area (Å²) in [7, 11) is 0. The van der Waals surface area contributed by atoms with Crippen molar-refractivity contribution in [2.75, 3.05) is 13.1 Å². The zero-order chi connectivity index (χ0) is 18.0. The lowest BCUT2D eigenvalue weighted by Gasteiger charge is -2.36. The van der Waals surface area contributed by atoms with Crippen molar-refractivity contribution in [2.45, 2.75) is 51.5 Å². The Hall–Kier alpha value is -1.96. The molecule has 8 heteroatoms. The molecule has 136 valence electrons. The van der Waals surface area contributed by atoms with Crippen LogP contribution in [0.5, 0.6) is 0 Å². The number of nitrogens with one attached hydrogen (secondary N) is 2. The molecule has 1 saturated heterocycles. The zero-order valence-corrected chi connectivity index (χ0v) is 15.4. The third-order valence-electron chi connectivity index (χ3n) is 5.17. The van der Waals surface area contributed by atoms with Gasteiger partial charge in [0.05, 0.1) is 10.7 Å². The maximum Gasteiger partial charge on any atom is 0.325 e. The summed E-state index contributed by atoms with van der Waals surface area (Å²) in [5.41, 5.74) is 0.126. The first-order valence-electron chi connectivity index (χ1n) is 8.74. The van der Waals surface area contributed by atoms with E-state index >= 15 is 0 Å². The van der Waals surface area contributed by atoms with Gasteiger partial charge in [0, 0.05) is 18.3 Å². The number of thiazole rings is 1. The molecule has 1 saturated carbocycles. The van der Waals surface area contributed by atoms with Gasteiger partial charge in [0.1, 0.15) is 12.1 Å². The van der Waals surface area contributed by atoms with Crippen LogP contribution in [0.25, 0.3) is 0 Å². The quantitative estimate of drug-likeness (QED) is 0.777. The molecule has 1 aliphatic heterocycles. The summed E-state index contributed by atoms with van der Waals surface area (Å²) in [6.07, 6.45) is 4.20. The van der Waals surface area contributed by atoms with Crippen LogP contribution in [0.1, 0.15) is 43.3 Å². The molecule has 3 rings (SSSR count). The van der Waals surface area contributed by atoms with E-state index in [0.29, 0.717) is 19.4 Å². The van der Waals surface area contributed by atoms with Crippen LogP contribution in [0.3, 0.4) is 0 Å². The molecule has 2 N–H and O–H groups in total. The van der Waals surface area contributed by atoms with Crippen LogP contribution in [0.2, 0.25) is 0 Å². The lowest BCUT2D eigenvalue weighted by Crippen LogP contribution is -2.54. The van der Waals surface area contributed by atoms with Crippen molar-refractivity contribution in [2.24, 2.45) is 5.92 Å². The van der Waals surface area contributed by atoms with E-state index in [1.807, 2.05) is 19.2 Å². The first-order chi connectivity index (χ1) is 11.9. The van der Waals surface area contributed by atoms with Gasteiger partial charge < -0.3 is 10.6 Å². The standard InChI is InChI=1S/C17H24N4O3S/c1-11-5-3-4-7-17(11)15(23)21(16(24)20-17)9-14(22)18-8-6-13-10-25-12(2)19-13/h10-11H,3-9H2,1-2H3,(H,18,22)(H,20,24)/t11-,17+/m1/s1. The number of aryl methyl sites for hydroxylation is 1. The Labute approximate surface area is 151 Å². The second kappa shape index (κ2) is 7.11. The summed E-state index contributed by atoms with van der Waals surface area (Å²) in [6.45, 7) is 4.14. The summed E-state index contributed by atoms with van der Waals surface area (Å²) in [5.74, 6) is -0.482. The van der Waals surface area contributed by atoms with E-state index in [9.17, 15) is 14.4 Å². The van der Waals surface area contributed by atoms with Crippen LogP contribution in [-0.2, 0) is 16.0 Å². The maximum atomic E-state index is 12.8. The molecule has 1 spiro atoms. The Morgan fingerprint density at radius 1 is 1.48 bits per heavy atom. The normalized spacial score (nSPS) is 26.2. The molecule has 0 unspecified atom stereocenters. The molecule has 2 fully saturated rings. The molecule has 1 aliphatic carbocycles. The fourth-order valence-corrected chi connectivity index (χ4v) is 4.34. The summed E-state index contributed by atoms with van der Waals surface area (Å²) in [6, 6.07) is -0.455. The van der Waals surface area contributed by atoms with Crippen LogP contribution < -0.4 is 10.6 Å². The van der Waals surface area contributed by atoms with E-state index in [2.05, 4.69) is 15.6 Å². The average molecular weight is 364 g/mol. The minimum atomic E-state index is -0.812. The molecule has 0 radical (unpaired) electrons. The summed E-state index contributed by atoms with van der Waals surface area (Å²) in [4.78, 5) is 42.6. The number of hydrogen-bond acceptors (Lipinski definition) is 5. The minimum absolute atomic E-state index is 0.0960. The molecule has 2 atom stereocenters. The van der Waals surface area contributed by atoms with Crippen LogP contribution >= 0.6 is 11.3 Å². The highest BCUT2D eigenvalue weighted by Crippen LogP contribution is 2.38. The topological polar surface area (TPSA) is 91.4 Å². The fourth-order valence-electron chi connectivity index (χ4n) is 3.69. The van der Waals surface area contributed by atoms with Gasteiger partial charge in [-0.2, -0.15) is 0 Å². The monoisotopic (exact) mass is 364 g/mol. The van der Waals surface area contributed by atoms with Crippen molar-refractivity contribution >= 4 is 29.2 Å². The Bertz CT molecular complexity index is 689. The van der Waals surface area contributed by atoms with Gasteiger partial charge in [0.2, 0.25) is 5.91 Å². The average Bonchev–Trinajstić information content (AvgIpc) is 3.08. The SMILES string of the molecule is Cc1nc(CCNC(=O)CN2C(=O)N[C@]3(CCCC[C@H]3C)C2=O)cs1. The van der Waals surface area contributed by atoms with E-state index < -0.39 is 11.6 Å². The van der Waals surface area contributed by atoms with Crippen molar-refractivity contribution in [1.29, 1.82) is 0 Å². The molecule has 1 aromatic heterocycles. The lowest BCUT2D eigenvalue weighted by molar-refractivity contribution is -0.137. The predicted molar refractivity (Wildman–Crippen MR) is 94.2 cm³/mol. The number of nitrogens with zero attached hydrogens (tertiary/aromatic N) is 2. The van der Waals surface area contributed by atoms with E-state index in [1.165, 1.54) is 0 Å². The van der Waals surface area contributed by atoms with Crippen molar-refractivity contribution < 1.29 is 14.4 Å². The fraction of sp³-hybridized carbons (Fsp3) is 0.647. The molecule has 2 heterocycles. The summed E-state index contributed by atoms with van der Waals surface area (Å²) in [5, 5.41) is 8.58. The minimum Gasteiger partial charge on any atom is -0.354 e. The number of imide groups is 1. The highest BCUT2D eigenvalue weighted by molar-refractivity contribution is 7.09. The molecule has 0 aromatic carbocycles. The second-order valence-electron chi connectivity index (χ2n) is 6.90. The zero-order valence-electron chi connectivity index (χ0n) is 14.6. The maximum absolute atomic E-state index is 12.8. The third kappa shape index (κ3) is 3.53. The van der Waals surface area contributed by atoms with E-state index in [0.717, 1.165) is 34.9 Å². The number of urea groups is 1. The Morgan fingerprint density at radius 3 is 2.96 bits per heavy atom. The van der Waals surface area contributed by atoms with Gasteiger partial charge in [-0.15, -0.1) is 11.3 Å². The van der Waals surface area contributed by atoms with Gasteiger partial charge in [0.25, 0.3) is 5.91 Å². The molecule has 7 nitrogen and oxygen atoms in total. The van der Waals surface area contributed by atoms with E-state index in [4.69, 9.17) is 0 Å². The van der Waals surface area contributed by atoms with E-state index in [-0.39, 0.29) is 24.3 Å². The molecule has 0 bridgehead atoms. The van der Waals surface area contributed by atoms with Crippen LogP contribution in [0, 0.1) is 12.8 Å². The largest absolute Gasteiger partial charge is 0.354 e. The van der Waals surface area contributed by atoms with Crippen molar-refractivity contribution in [3.05, 3.63) is 16.1 Å². The molecule has 2 aliphatic rings. The molecule has 25 heavy (non-hydrogen) atoms. The second-order valence-corrected chi connectivity index (χ2v) is 7.96. The van der Waals surface area contributed by atoms with Gasteiger partial charge in [-0.05, 0) is 25.7 Å². The third-order valence-corrected chi connectivity index (χ3v) is 6.00. The van der Waals surface area contributed by atoms with Crippen molar-refractivity contribution in [1.82, 2.24) is 20.5 Å². The molecule has 1 aromatic rings. The highest BCUT2D eigenvalue weighted by Gasteiger charge is 2.55. The van der Waals surface area contributed by atoms with Crippen LogP contribution in [0.4, 0.5) is 4.79 Å². The van der Waals surface area contributed by atoms with Crippen LogP contribution in [0.15, 0.2) is 5.38 Å². The predicted octanol–water partition coefficient (Wildman–Crippen LogP) is 1.61. The number of amides is 4. The van der Waals surface area contributed by atoms with Gasteiger partial charge in [-0.1, -0.05) is 19.8 Å². The smallest absolute Gasteiger partial charge is 0.325 e. The van der Waals surface area contributed by atoms with Gasteiger partial charge in [-0.25, -0.2) is 9.78 Å². The van der Waals surface area contributed by atoms with Gasteiger partial charge >= 0.3 is 6.03 Å². The Balaban J connectivity index is 1.54. The first kappa shape index (κ1) is 17.8. The Kier molecular flexibility index (Phi) is 5.08. The summed E-state index contributed by atoms with van der Waals surface area (Å²) < 4.78 is 0. The van der Waals surface area contributed by atoms with Crippen molar-refractivity contribution in [3.8, 4) is 0 Å². The number of carbonyl (C=O) groups is 3. The molecular weight excluding hydrogens is 340 g/mol. The number of hydrogen-bond donors (Lipinski definition) is 2. The first-order valence-corrected chi connectivity index (χ1v) is 9.62. The molecule has 4 amide bonds. The summed E-state index contributed by atoms with van der Waals surface area (Å²) >= 11 is 1.57. The number of carbonyl (C=O) groups excluding carboxylic acids is 3. The van der Waals surface area contributed by atoms with Crippen molar-refractivity contribution in [3.63, 3.8) is 0 Å². The van der Waals surface area contributed by atoms with Gasteiger partial charge in [-0.3, -0.25) is 14.5 Å². The van der Waals surface area contributed by atoms with E-state index in [1.54, 1.807) is 11.3 Å². The Morgan fingerprint density at radius 2 is 2.28 bits per heavy atom.